The molecule has 0 aliphatic heterocycles. The number of terminal acetylenes is 1. The van der Waals surface area contributed by atoms with Crippen molar-refractivity contribution in [1.29, 1.82) is 0 Å². The van der Waals surface area contributed by atoms with Gasteiger partial charge in [0.25, 0.3) is 0 Å². The van der Waals surface area contributed by atoms with Gasteiger partial charge < -0.3 is 19.2 Å². The molecule has 0 fully saturated rings. The summed E-state index contributed by atoms with van der Waals surface area (Å²) in [6.07, 6.45) is 13.9. The minimum Gasteiger partial charge on any atom is -0.488 e. The molecule has 31 heavy (non-hydrogen) atoms. The van der Waals surface area contributed by atoms with Crippen molar-refractivity contribution in [3.05, 3.63) is 58.5 Å². The first-order valence-electron chi connectivity index (χ1n) is 10.5. The van der Waals surface area contributed by atoms with E-state index < -0.39 is 0 Å². The van der Waals surface area contributed by atoms with Crippen LogP contribution < -0.4 is 10.1 Å². The van der Waals surface area contributed by atoms with Gasteiger partial charge in [-0.05, 0) is 51.0 Å². The highest BCUT2D eigenvalue weighted by Crippen LogP contribution is 2.28. The predicted molar refractivity (Wildman–Crippen MR) is 132 cm³/mol. The molecule has 0 amide bonds. The molecule has 1 aromatic carbocycles. The highest BCUT2D eigenvalue weighted by molar-refractivity contribution is 7.81. The molecule has 0 bridgehead atoms. The van der Waals surface area contributed by atoms with Gasteiger partial charge in [-0.3, -0.25) is 0 Å². The van der Waals surface area contributed by atoms with Gasteiger partial charge in [-0.1, -0.05) is 48.2 Å². The summed E-state index contributed by atoms with van der Waals surface area (Å²) in [5, 5.41) is 3.83. The molecule has 6 heteroatoms. The monoisotopic (exact) mass is 459 g/mol. The third kappa shape index (κ3) is 9.18. The van der Waals surface area contributed by atoms with Crippen LogP contribution in [0.3, 0.4) is 0 Å². The van der Waals surface area contributed by atoms with Crippen LogP contribution in [-0.2, 0) is 11.2 Å². The van der Waals surface area contributed by atoms with Crippen LogP contribution in [0.25, 0.3) is 0 Å². The zero-order chi connectivity index (χ0) is 22.5. The average Bonchev–Trinajstić information content (AvgIpc) is 3.21. The van der Waals surface area contributed by atoms with Crippen LogP contribution in [0.2, 0.25) is 5.02 Å². The van der Waals surface area contributed by atoms with Gasteiger partial charge in [0.15, 0.2) is 0 Å². The SMILES string of the molecule is C#CCOCCCCCCc1occc1C(=S)Nc1ccc(Cl)c(OCC=C(C)C)c1. The largest absolute Gasteiger partial charge is 0.488 e. The Bertz CT molecular complexity index is 910. The van der Waals surface area contributed by atoms with Crippen molar-refractivity contribution in [3.63, 3.8) is 0 Å². The molecule has 2 rings (SSSR count). The van der Waals surface area contributed by atoms with E-state index in [-0.39, 0.29) is 0 Å². The lowest BCUT2D eigenvalue weighted by atomic mass is 10.1. The van der Waals surface area contributed by atoms with Crippen molar-refractivity contribution in [2.24, 2.45) is 0 Å². The number of hydrogen-bond acceptors (Lipinski definition) is 4. The average molecular weight is 460 g/mol. The third-order valence-corrected chi connectivity index (χ3v) is 5.17. The van der Waals surface area contributed by atoms with Crippen molar-refractivity contribution >= 4 is 34.5 Å². The number of hydrogen-bond donors (Lipinski definition) is 1. The fourth-order valence-corrected chi connectivity index (χ4v) is 3.37. The molecular weight excluding hydrogens is 430 g/mol. The minimum atomic E-state index is 0.386. The summed E-state index contributed by atoms with van der Waals surface area (Å²) >= 11 is 11.9. The molecule has 0 atom stereocenters. The van der Waals surface area contributed by atoms with Gasteiger partial charge in [-0.2, -0.15) is 0 Å². The maximum atomic E-state index is 6.25. The van der Waals surface area contributed by atoms with Crippen LogP contribution in [0.1, 0.15) is 50.9 Å². The molecule has 0 saturated heterocycles. The normalized spacial score (nSPS) is 10.4. The molecule has 0 aliphatic rings. The number of halogens is 1. The topological polar surface area (TPSA) is 43.6 Å². The highest BCUT2D eigenvalue weighted by atomic mass is 35.5. The van der Waals surface area contributed by atoms with E-state index in [0.717, 1.165) is 49.1 Å². The molecule has 166 valence electrons. The van der Waals surface area contributed by atoms with Crippen molar-refractivity contribution in [2.45, 2.75) is 46.0 Å². The number of furan rings is 1. The maximum absolute atomic E-state index is 6.25. The van der Waals surface area contributed by atoms with Crippen LogP contribution >= 0.6 is 23.8 Å². The van der Waals surface area contributed by atoms with E-state index in [1.165, 1.54) is 5.57 Å². The fraction of sp³-hybridized carbons (Fsp3) is 0.400. The quantitative estimate of drug-likeness (QED) is 0.154. The number of ether oxygens (including phenoxy) is 2. The molecule has 1 heterocycles. The second kappa shape index (κ2) is 13.9. The Morgan fingerprint density at radius 3 is 2.81 bits per heavy atom. The number of unbranched alkanes of at least 4 members (excludes halogenated alkanes) is 3. The van der Waals surface area contributed by atoms with Gasteiger partial charge in [0.1, 0.15) is 29.7 Å². The summed E-state index contributed by atoms with van der Waals surface area (Å²) in [4.78, 5) is 0.615. The van der Waals surface area contributed by atoms with Gasteiger partial charge in [0.2, 0.25) is 0 Å². The van der Waals surface area contributed by atoms with Crippen molar-refractivity contribution in [3.8, 4) is 18.1 Å². The molecule has 0 saturated carbocycles. The van der Waals surface area contributed by atoms with Gasteiger partial charge >= 0.3 is 0 Å². The van der Waals surface area contributed by atoms with Gasteiger partial charge in [0, 0.05) is 24.8 Å². The molecule has 0 radical (unpaired) electrons. The smallest absolute Gasteiger partial charge is 0.140 e. The Labute approximate surface area is 196 Å². The van der Waals surface area contributed by atoms with E-state index in [1.807, 2.05) is 38.1 Å². The summed E-state index contributed by atoms with van der Waals surface area (Å²) in [5.74, 6) is 3.99. The Morgan fingerprint density at radius 2 is 2.03 bits per heavy atom. The summed E-state index contributed by atoms with van der Waals surface area (Å²) in [5.41, 5.74) is 2.92. The number of anilines is 1. The Morgan fingerprint density at radius 1 is 1.23 bits per heavy atom. The first-order chi connectivity index (χ1) is 15.0. The van der Waals surface area contributed by atoms with Crippen molar-refractivity contribution < 1.29 is 13.9 Å². The van der Waals surface area contributed by atoms with E-state index in [0.29, 0.717) is 35.6 Å². The van der Waals surface area contributed by atoms with Crippen molar-refractivity contribution in [2.75, 3.05) is 25.1 Å². The number of nitrogens with one attached hydrogen (secondary N) is 1. The number of benzene rings is 1. The first-order valence-corrected chi connectivity index (χ1v) is 11.2. The molecular formula is C25H30ClNO3S. The van der Waals surface area contributed by atoms with E-state index in [4.69, 9.17) is 44.1 Å². The summed E-state index contributed by atoms with van der Waals surface area (Å²) in [6.45, 7) is 5.62. The molecule has 1 N–H and O–H groups in total. The molecule has 1 aromatic heterocycles. The Balaban J connectivity index is 1.86. The summed E-state index contributed by atoms with van der Waals surface area (Å²) in [7, 11) is 0. The fourth-order valence-electron chi connectivity index (χ4n) is 2.90. The molecule has 0 unspecified atom stereocenters. The summed E-state index contributed by atoms with van der Waals surface area (Å²) in [6, 6.07) is 7.44. The number of aryl methyl sites for hydroxylation is 1. The van der Waals surface area contributed by atoms with Gasteiger partial charge in [-0.25, -0.2) is 0 Å². The van der Waals surface area contributed by atoms with E-state index in [2.05, 4.69) is 11.2 Å². The highest BCUT2D eigenvalue weighted by Gasteiger charge is 2.12. The Hall–Kier alpha value is -2.26. The van der Waals surface area contributed by atoms with Crippen LogP contribution in [0.15, 0.2) is 46.6 Å². The van der Waals surface area contributed by atoms with Crippen LogP contribution in [0.4, 0.5) is 5.69 Å². The zero-order valence-electron chi connectivity index (χ0n) is 18.2. The molecule has 0 spiro atoms. The second-order valence-electron chi connectivity index (χ2n) is 7.37. The predicted octanol–water partition coefficient (Wildman–Crippen LogP) is 6.82. The molecule has 2 aromatic rings. The third-order valence-electron chi connectivity index (χ3n) is 4.54. The number of rotatable bonds is 13. The first kappa shape index (κ1) is 25.0. The van der Waals surface area contributed by atoms with Crippen LogP contribution in [0.5, 0.6) is 5.75 Å². The van der Waals surface area contributed by atoms with E-state index >= 15 is 0 Å². The van der Waals surface area contributed by atoms with E-state index in [9.17, 15) is 0 Å². The Kier molecular flexibility index (Phi) is 11.2. The lowest BCUT2D eigenvalue weighted by Gasteiger charge is -2.12. The van der Waals surface area contributed by atoms with E-state index in [1.54, 1.807) is 12.3 Å². The standard InChI is InChI=1S/C25H30ClNO3S/c1-4-14-28-15-8-6-5-7-9-23-21(13-17-29-23)25(31)27-20-10-11-22(26)24(18-20)30-16-12-19(2)3/h1,10-13,17-18H,5-9,14-16H2,2-3H3,(H,27,31). The molecule has 4 nitrogen and oxygen atoms in total. The molecule has 0 aliphatic carbocycles. The zero-order valence-corrected chi connectivity index (χ0v) is 19.8. The lowest BCUT2D eigenvalue weighted by Crippen LogP contribution is -2.12. The number of allylic oxidation sites excluding steroid dienone is 1. The van der Waals surface area contributed by atoms with Crippen LogP contribution in [0, 0.1) is 12.3 Å². The summed E-state index contributed by atoms with van der Waals surface area (Å²) < 4.78 is 16.7. The number of thiocarbonyl (C=S) groups is 1. The maximum Gasteiger partial charge on any atom is 0.140 e. The van der Waals surface area contributed by atoms with Crippen LogP contribution in [-0.4, -0.2) is 24.8 Å². The lowest BCUT2D eigenvalue weighted by molar-refractivity contribution is 0.162. The second-order valence-corrected chi connectivity index (χ2v) is 8.19. The minimum absolute atomic E-state index is 0.386. The van der Waals surface area contributed by atoms with Crippen molar-refractivity contribution in [1.82, 2.24) is 0 Å². The van der Waals surface area contributed by atoms with Gasteiger partial charge in [0.05, 0.1) is 16.8 Å². The van der Waals surface area contributed by atoms with Gasteiger partial charge in [-0.15, -0.1) is 6.42 Å².